The van der Waals surface area contributed by atoms with Crippen LogP contribution >= 0.6 is 46.6 Å². The highest BCUT2D eigenvalue weighted by Gasteiger charge is 2.27. The fraction of sp³-hybridized carbons (Fsp3) is 0.278. The molecule has 0 aromatic heterocycles. The van der Waals surface area contributed by atoms with Crippen LogP contribution in [0.3, 0.4) is 0 Å². The van der Waals surface area contributed by atoms with Gasteiger partial charge in [0.25, 0.3) is 0 Å². The third-order valence-electron chi connectivity index (χ3n) is 3.73. The molecule has 2 aromatic carbocycles. The lowest BCUT2D eigenvalue weighted by Crippen LogP contribution is -2.14. The summed E-state index contributed by atoms with van der Waals surface area (Å²) in [5.41, 5.74) is 0.476. The number of aromatic carboxylic acids is 1. The van der Waals surface area contributed by atoms with E-state index in [1.165, 1.54) is 11.8 Å². The fourth-order valence-electron chi connectivity index (χ4n) is 2.38. The zero-order chi connectivity index (χ0) is 19.1. The average Bonchev–Trinajstić information content (AvgIpc) is 2.45. The molecule has 0 unspecified atom stereocenters. The molecule has 0 spiro atoms. The van der Waals surface area contributed by atoms with Gasteiger partial charge >= 0.3 is 5.97 Å². The van der Waals surface area contributed by atoms with Gasteiger partial charge in [0.05, 0.1) is 15.1 Å². The molecule has 7 heteroatoms. The summed E-state index contributed by atoms with van der Waals surface area (Å²) in [6.07, 6.45) is 0. The molecule has 134 valence electrons. The Balaban J connectivity index is 2.68. The first-order chi connectivity index (χ1) is 11.4. The maximum Gasteiger partial charge on any atom is 0.339 e. The number of rotatable bonds is 3. The first-order valence-electron chi connectivity index (χ1n) is 7.36. The van der Waals surface area contributed by atoms with Crippen molar-refractivity contribution in [2.24, 2.45) is 0 Å². The van der Waals surface area contributed by atoms with Gasteiger partial charge in [-0.1, -0.05) is 67.3 Å². The molecule has 0 saturated heterocycles. The fourth-order valence-corrected chi connectivity index (χ4v) is 4.11. The van der Waals surface area contributed by atoms with E-state index in [1.54, 1.807) is 25.1 Å². The molecule has 0 aliphatic rings. The minimum atomic E-state index is -1.18. The minimum Gasteiger partial charge on any atom is -0.507 e. The molecule has 0 aliphatic heterocycles. The van der Waals surface area contributed by atoms with Gasteiger partial charge in [-0.3, -0.25) is 0 Å². The SMILES string of the molecule is Cc1c(Sc2cc(Cl)c(Cl)cc2Cl)cc(C(C)(C)C)c(O)c1C(=O)O. The molecule has 25 heavy (non-hydrogen) atoms. The maximum atomic E-state index is 11.7. The lowest BCUT2D eigenvalue weighted by Gasteiger charge is -2.24. The summed E-state index contributed by atoms with van der Waals surface area (Å²) < 4.78 is 0. The Hall–Kier alpha value is -1.07. The molecule has 2 N–H and O–H groups in total. The number of carbonyl (C=O) groups is 1. The number of hydrogen-bond donors (Lipinski definition) is 2. The lowest BCUT2D eigenvalue weighted by molar-refractivity contribution is 0.0692. The van der Waals surface area contributed by atoms with E-state index in [1.807, 2.05) is 20.8 Å². The van der Waals surface area contributed by atoms with Crippen molar-refractivity contribution in [1.29, 1.82) is 0 Å². The predicted molar refractivity (Wildman–Crippen MR) is 104 cm³/mol. The normalized spacial score (nSPS) is 11.6. The quantitative estimate of drug-likeness (QED) is 0.537. The van der Waals surface area contributed by atoms with Crippen LogP contribution < -0.4 is 0 Å². The van der Waals surface area contributed by atoms with Crippen LogP contribution in [0.5, 0.6) is 5.75 Å². The molecule has 0 heterocycles. The second-order valence-electron chi connectivity index (χ2n) is 6.62. The van der Waals surface area contributed by atoms with Crippen LogP contribution in [-0.2, 0) is 5.41 Å². The van der Waals surface area contributed by atoms with Gasteiger partial charge in [-0.2, -0.15) is 0 Å². The Labute approximate surface area is 165 Å². The van der Waals surface area contributed by atoms with E-state index in [2.05, 4.69) is 0 Å². The summed E-state index contributed by atoms with van der Waals surface area (Å²) in [6.45, 7) is 7.38. The van der Waals surface area contributed by atoms with Crippen LogP contribution in [0.2, 0.25) is 15.1 Å². The van der Waals surface area contributed by atoms with E-state index >= 15 is 0 Å². The van der Waals surface area contributed by atoms with E-state index in [9.17, 15) is 15.0 Å². The second kappa shape index (κ2) is 7.28. The van der Waals surface area contributed by atoms with Crippen LogP contribution in [0.4, 0.5) is 0 Å². The van der Waals surface area contributed by atoms with E-state index in [4.69, 9.17) is 34.8 Å². The van der Waals surface area contributed by atoms with Crippen LogP contribution in [0.15, 0.2) is 28.0 Å². The molecule has 0 radical (unpaired) electrons. The molecule has 2 rings (SSSR count). The van der Waals surface area contributed by atoms with Gasteiger partial charge in [-0.15, -0.1) is 0 Å². The number of benzene rings is 2. The maximum absolute atomic E-state index is 11.7. The molecule has 3 nitrogen and oxygen atoms in total. The first kappa shape index (κ1) is 20.2. The Morgan fingerprint density at radius 1 is 1.00 bits per heavy atom. The summed E-state index contributed by atoms with van der Waals surface area (Å²) in [5.74, 6) is -1.38. The number of phenols is 1. The third-order valence-corrected chi connectivity index (χ3v) is 6.08. The van der Waals surface area contributed by atoms with Crippen molar-refractivity contribution in [3.05, 3.63) is 50.0 Å². The van der Waals surface area contributed by atoms with Crippen molar-refractivity contribution >= 4 is 52.5 Å². The third kappa shape index (κ3) is 4.20. The van der Waals surface area contributed by atoms with Crippen molar-refractivity contribution in [2.75, 3.05) is 0 Å². The topological polar surface area (TPSA) is 57.5 Å². The highest BCUT2D eigenvalue weighted by molar-refractivity contribution is 7.99. The molecule has 2 aromatic rings. The molecule has 0 saturated carbocycles. The van der Waals surface area contributed by atoms with Crippen LogP contribution in [0, 0.1) is 6.92 Å². The first-order valence-corrected chi connectivity index (χ1v) is 9.31. The number of aromatic hydroxyl groups is 1. The van der Waals surface area contributed by atoms with Crippen LogP contribution in [0.1, 0.15) is 42.3 Å². The monoisotopic (exact) mass is 418 g/mol. The van der Waals surface area contributed by atoms with E-state index in [0.717, 1.165) is 0 Å². The Morgan fingerprint density at radius 2 is 1.56 bits per heavy atom. The number of carboxylic acid groups (broad SMARTS) is 1. The van der Waals surface area contributed by atoms with Crippen molar-refractivity contribution in [1.82, 2.24) is 0 Å². The molecule has 0 amide bonds. The van der Waals surface area contributed by atoms with E-state index in [0.29, 0.717) is 36.0 Å². The zero-order valence-electron chi connectivity index (χ0n) is 14.1. The number of hydrogen-bond acceptors (Lipinski definition) is 3. The number of halogens is 3. The zero-order valence-corrected chi connectivity index (χ0v) is 17.2. The summed E-state index contributed by atoms with van der Waals surface area (Å²) in [7, 11) is 0. The van der Waals surface area contributed by atoms with Gasteiger partial charge in [0.1, 0.15) is 11.3 Å². The molecule has 0 bridgehead atoms. The smallest absolute Gasteiger partial charge is 0.339 e. The lowest BCUT2D eigenvalue weighted by atomic mass is 9.84. The highest BCUT2D eigenvalue weighted by Crippen LogP contribution is 2.44. The van der Waals surface area contributed by atoms with Crippen molar-refractivity contribution in [3.63, 3.8) is 0 Å². The van der Waals surface area contributed by atoms with E-state index < -0.39 is 11.4 Å². The Kier molecular flexibility index (Phi) is 5.89. The average molecular weight is 420 g/mol. The van der Waals surface area contributed by atoms with Gasteiger partial charge in [-0.05, 0) is 36.1 Å². The van der Waals surface area contributed by atoms with Crippen molar-refractivity contribution in [3.8, 4) is 5.75 Å². The van der Waals surface area contributed by atoms with Crippen LogP contribution in [-0.4, -0.2) is 16.2 Å². The van der Waals surface area contributed by atoms with Gasteiger partial charge < -0.3 is 10.2 Å². The van der Waals surface area contributed by atoms with Crippen LogP contribution in [0.25, 0.3) is 0 Å². The predicted octanol–water partition coefficient (Wildman–Crippen LogP) is 6.81. The summed E-state index contributed by atoms with van der Waals surface area (Å²) >= 11 is 19.5. The molecule has 0 aliphatic carbocycles. The Morgan fingerprint density at radius 3 is 2.08 bits per heavy atom. The largest absolute Gasteiger partial charge is 0.507 e. The molecule has 0 fully saturated rings. The summed E-state index contributed by atoms with van der Waals surface area (Å²) in [4.78, 5) is 13.0. The van der Waals surface area contributed by atoms with E-state index in [-0.39, 0.29) is 11.3 Å². The molecular formula is C18H17Cl3O3S. The summed E-state index contributed by atoms with van der Waals surface area (Å²) in [6, 6.07) is 4.98. The van der Waals surface area contributed by atoms with Gasteiger partial charge in [0.15, 0.2) is 0 Å². The minimum absolute atomic E-state index is 0.105. The summed E-state index contributed by atoms with van der Waals surface area (Å²) in [5, 5.41) is 21.1. The van der Waals surface area contributed by atoms with Gasteiger partial charge in [-0.25, -0.2) is 4.79 Å². The highest BCUT2D eigenvalue weighted by atomic mass is 35.5. The molecular weight excluding hydrogens is 403 g/mol. The van der Waals surface area contributed by atoms with Gasteiger partial charge in [0, 0.05) is 15.4 Å². The Bertz CT molecular complexity index is 858. The molecule has 0 atom stereocenters. The van der Waals surface area contributed by atoms with Crippen molar-refractivity contribution in [2.45, 2.75) is 42.9 Å². The van der Waals surface area contributed by atoms with Gasteiger partial charge in [0.2, 0.25) is 0 Å². The van der Waals surface area contributed by atoms with Crippen molar-refractivity contribution < 1.29 is 15.0 Å². The second-order valence-corrected chi connectivity index (χ2v) is 8.93. The standard InChI is InChI=1S/C18H17Cl3O3S/c1-8-13(25-14-7-11(20)10(19)6-12(14)21)5-9(18(2,3)4)16(22)15(8)17(23)24/h5-7,22H,1-4H3,(H,23,24). The number of carboxylic acids is 1.